The van der Waals surface area contributed by atoms with Crippen molar-refractivity contribution in [2.75, 3.05) is 6.54 Å². The van der Waals surface area contributed by atoms with Crippen LogP contribution in [-0.4, -0.2) is 32.6 Å². The Morgan fingerprint density at radius 2 is 2.26 bits per heavy atom. The summed E-state index contributed by atoms with van der Waals surface area (Å²) in [5, 5.41) is 16.4. The van der Waals surface area contributed by atoms with Gasteiger partial charge < -0.3 is 10.8 Å². The van der Waals surface area contributed by atoms with Crippen LogP contribution in [0.5, 0.6) is 0 Å². The first kappa shape index (κ1) is 13.2. The molecule has 0 aliphatic heterocycles. The first-order valence-electron chi connectivity index (χ1n) is 5.72. The summed E-state index contributed by atoms with van der Waals surface area (Å²) in [6.07, 6.45) is 0.351. The lowest BCUT2D eigenvalue weighted by atomic mass is 10.2. The zero-order valence-electron chi connectivity index (χ0n) is 10.1. The van der Waals surface area contributed by atoms with Crippen molar-refractivity contribution in [3.63, 3.8) is 0 Å². The van der Waals surface area contributed by atoms with E-state index in [0.717, 1.165) is 0 Å². The molecular formula is C12H13FN4O2. The summed E-state index contributed by atoms with van der Waals surface area (Å²) >= 11 is 0. The van der Waals surface area contributed by atoms with Crippen LogP contribution in [0.15, 0.2) is 24.3 Å². The van der Waals surface area contributed by atoms with Crippen LogP contribution in [0.25, 0.3) is 0 Å². The molecular weight excluding hydrogens is 251 g/mol. The lowest BCUT2D eigenvalue weighted by Gasteiger charge is -2.06. The maximum Gasteiger partial charge on any atom is 0.358 e. The maximum atomic E-state index is 13.1. The standard InChI is InChI=1S/C12H13FN4O2/c13-9-3-1-2-8(6-9)7-17-10(4-5-14)11(12(18)19)15-16-17/h1-3,6H,4-5,7,14H2,(H,18,19). The molecule has 2 rings (SSSR count). The molecule has 1 heterocycles. The van der Waals surface area contributed by atoms with E-state index in [1.165, 1.54) is 16.8 Å². The molecule has 2 aromatic rings. The van der Waals surface area contributed by atoms with E-state index in [1.807, 2.05) is 0 Å². The molecule has 7 heteroatoms. The highest BCUT2D eigenvalue weighted by Crippen LogP contribution is 2.10. The van der Waals surface area contributed by atoms with Crippen molar-refractivity contribution in [3.05, 3.63) is 47.0 Å². The van der Waals surface area contributed by atoms with Crippen LogP contribution in [-0.2, 0) is 13.0 Å². The van der Waals surface area contributed by atoms with E-state index in [2.05, 4.69) is 10.3 Å². The lowest BCUT2D eigenvalue weighted by molar-refractivity contribution is 0.0689. The minimum Gasteiger partial charge on any atom is -0.476 e. The first-order chi connectivity index (χ1) is 9.11. The Hall–Kier alpha value is -2.28. The number of carbonyl (C=O) groups is 1. The van der Waals surface area contributed by atoms with E-state index in [0.29, 0.717) is 17.7 Å². The van der Waals surface area contributed by atoms with Crippen LogP contribution in [0.2, 0.25) is 0 Å². The molecule has 0 amide bonds. The Kier molecular flexibility index (Phi) is 3.86. The summed E-state index contributed by atoms with van der Waals surface area (Å²) in [4.78, 5) is 11.0. The van der Waals surface area contributed by atoms with Crippen LogP contribution in [0, 0.1) is 5.82 Å². The third-order valence-corrected chi connectivity index (χ3v) is 2.64. The smallest absolute Gasteiger partial charge is 0.358 e. The second-order valence-electron chi connectivity index (χ2n) is 4.02. The second-order valence-corrected chi connectivity index (χ2v) is 4.02. The van der Waals surface area contributed by atoms with Gasteiger partial charge in [-0.05, 0) is 24.2 Å². The van der Waals surface area contributed by atoms with Crippen LogP contribution >= 0.6 is 0 Å². The number of aromatic nitrogens is 3. The number of carboxylic acids is 1. The summed E-state index contributed by atoms with van der Waals surface area (Å²) < 4.78 is 14.5. The fourth-order valence-corrected chi connectivity index (χ4v) is 1.82. The number of carboxylic acid groups (broad SMARTS) is 1. The van der Waals surface area contributed by atoms with E-state index >= 15 is 0 Å². The van der Waals surface area contributed by atoms with Gasteiger partial charge in [-0.1, -0.05) is 17.3 Å². The van der Waals surface area contributed by atoms with Gasteiger partial charge in [0.25, 0.3) is 0 Å². The average molecular weight is 264 g/mol. The summed E-state index contributed by atoms with van der Waals surface area (Å²) in [5.41, 5.74) is 6.47. The van der Waals surface area contributed by atoms with Gasteiger partial charge in [-0.2, -0.15) is 0 Å². The summed E-state index contributed by atoms with van der Waals surface area (Å²) in [7, 11) is 0. The topological polar surface area (TPSA) is 94.0 Å². The third-order valence-electron chi connectivity index (χ3n) is 2.64. The first-order valence-corrected chi connectivity index (χ1v) is 5.72. The van der Waals surface area contributed by atoms with E-state index in [1.54, 1.807) is 12.1 Å². The zero-order chi connectivity index (χ0) is 13.8. The minimum absolute atomic E-state index is 0.109. The number of nitrogens with two attached hydrogens (primary N) is 1. The Morgan fingerprint density at radius 1 is 1.47 bits per heavy atom. The molecule has 0 radical (unpaired) electrons. The number of rotatable bonds is 5. The number of nitrogens with zero attached hydrogens (tertiary/aromatic N) is 3. The van der Waals surface area contributed by atoms with Crippen LogP contribution in [0.3, 0.4) is 0 Å². The van der Waals surface area contributed by atoms with E-state index < -0.39 is 5.97 Å². The van der Waals surface area contributed by atoms with Crippen LogP contribution in [0.1, 0.15) is 21.7 Å². The Labute approximate surface area is 108 Å². The molecule has 0 unspecified atom stereocenters. The molecule has 1 aromatic carbocycles. The van der Waals surface area contributed by atoms with Crippen molar-refractivity contribution < 1.29 is 14.3 Å². The molecule has 1 aromatic heterocycles. The maximum absolute atomic E-state index is 13.1. The molecule has 0 aliphatic carbocycles. The number of hydrogen-bond donors (Lipinski definition) is 2. The molecule has 3 N–H and O–H groups in total. The number of halogens is 1. The third kappa shape index (κ3) is 2.94. The van der Waals surface area contributed by atoms with Gasteiger partial charge in [0.1, 0.15) is 5.82 Å². The highest BCUT2D eigenvalue weighted by Gasteiger charge is 2.18. The van der Waals surface area contributed by atoms with Gasteiger partial charge in [0, 0.05) is 6.42 Å². The van der Waals surface area contributed by atoms with Crippen molar-refractivity contribution in [3.8, 4) is 0 Å². The summed E-state index contributed by atoms with van der Waals surface area (Å²) in [5.74, 6) is -1.50. The molecule has 0 spiro atoms. The average Bonchev–Trinajstić information content (AvgIpc) is 2.73. The van der Waals surface area contributed by atoms with Crippen molar-refractivity contribution >= 4 is 5.97 Å². The van der Waals surface area contributed by atoms with Gasteiger partial charge in [0.15, 0.2) is 5.69 Å². The molecule has 0 aliphatic rings. The molecule has 100 valence electrons. The highest BCUT2D eigenvalue weighted by atomic mass is 19.1. The van der Waals surface area contributed by atoms with Gasteiger partial charge >= 0.3 is 5.97 Å². The van der Waals surface area contributed by atoms with Gasteiger partial charge in [0.2, 0.25) is 0 Å². The molecule has 0 atom stereocenters. The zero-order valence-corrected chi connectivity index (χ0v) is 10.1. The second kappa shape index (κ2) is 5.57. The normalized spacial score (nSPS) is 10.6. The predicted octanol–water partition coefficient (Wildman–Crippen LogP) is 0.665. The van der Waals surface area contributed by atoms with Gasteiger partial charge in [-0.15, -0.1) is 5.10 Å². The number of aromatic carboxylic acids is 1. The summed E-state index contributed by atoms with van der Waals surface area (Å²) in [6, 6.07) is 6.03. The highest BCUT2D eigenvalue weighted by molar-refractivity contribution is 5.86. The SMILES string of the molecule is NCCc1c(C(=O)O)nnn1Cc1cccc(F)c1. The minimum atomic E-state index is -1.14. The van der Waals surface area contributed by atoms with E-state index in [-0.39, 0.29) is 24.6 Å². The fraction of sp³-hybridized carbons (Fsp3) is 0.250. The molecule has 0 bridgehead atoms. The predicted molar refractivity (Wildman–Crippen MR) is 65.2 cm³/mol. The summed E-state index contributed by atoms with van der Waals surface area (Å²) in [6.45, 7) is 0.546. The monoisotopic (exact) mass is 264 g/mol. The van der Waals surface area contributed by atoms with E-state index in [9.17, 15) is 9.18 Å². The quantitative estimate of drug-likeness (QED) is 0.827. The van der Waals surface area contributed by atoms with Crippen LogP contribution in [0.4, 0.5) is 4.39 Å². The fourth-order valence-electron chi connectivity index (χ4n) is 1.82. The van der Waals surface area contributed by atoms with E-state index in [4.69, 9.17) is 10.8 Å². The van der Waals surface area contributed by atoms with Crippen LogP contribution < -0.4 is 5.73 Å². The van der Waals surface area contributed by atoms with Gasteiger partial charge in [-0.25, -0.2) is 13.9 Å². The molecule has 0 fully saturated rings. The van der Waals surface area contributed by atoms with Crippen molar-refractivity contribution in [1.82, 2.24) is 15.0 Å². The number of hydrogen-bond acceptors (Lipinski definition) is 4. The Balaban J connectivity index is 2.32. The molecule has 0 saturated carbocycles. The molecule has 19 heavy (non-hydrogen) atoms. The molecule has 6 nitrogen and oxygen atoms in total. The van der Waals surface area contributed by atoms with Crippen molar-refractivity contribution in [2.24, 2.45) is 5.73 Å². The van der Waals surface area contributed by atoms with Crippen molar-refractivity contribution in [2.45, 2.75) is 13.0 Å². The Bertz CT molecular complexity index is 597. The number of benzene rings is 1. The molecule has 0 saturated heterocycles. The lowest BCUT2D eigenvalue weighted by Crippen LogP contribution is -2.14. The van der Waals surface area contributed by atoms with Crippen molar-refractivity contribution in [1.29, 1.82) is 0 Å². The Morgan fingerprint density at radius 3 is 2.89 bits per heavy atom. The largest absolute Gasteiger partial charge is 0.476 e. The van der Waals surface area contributed by atoms with Gasteiger partial charge in [-0.3, -0.25) is 0 Å². The van der Waals surface area contributed by atoms with Gasteiger partial charge in [0.05, 0.1) is 12.2 Å².